The zero-order chi connectivity index (χ0) is 17.5. The van der Waals surface area contributed by atoms with Crippen LogP contribution in [0.2, 0.25) is 0 Å². The molecule has 2 amide bonds. The van der Waals surface area contributed by atoms with Gasteiger partial charge in [0.15, 0.2) is 0 Å². The quantitative estimate of drug-likeness (QED) is 0.920. The van der Waals surface area contributed by atoms with Crippen molar-refractivity contribution in [3.63, 3.8) is 0 Å². The molecule has 0 radical (unpaired) electrons. The van der Waals surface area contributed by atoms with Crippen LogP contribution >= 0.6 is 0 Å². The van der Waals surface area contributed by atoms with Crippen molar-refractivity contribution >= 4 is 6.03 Å². The van der Waals surface area contributed by atoms with Gasteiger partial charge in [-0.1, -0.05) is 38.1 Å². The van der Waals surface area contributed by atoms with E-state index in [0.717, 1.165) is 19.6 Å². The Hall–Kier alpha value is -1.55. The molecule has 4 heteroatoms. The Morgan fingerprint density at radius 2 is 2.00 bits per heavy atom. The summed E-state index contributed by atoms with van der Waals surface area (Å²) in [6.07, 6.45) is 2.41. The van der Waals surface area contributed by atoms with Crippen LogP contribution in [0.5, 0.6) is 0 Å². The van der Waals surface area contributed by atoms with Crippen LogP contribution < -0.4 is 5.32 Å². The summed E-state index contributed by atoms with van der Waals surface area (Å²) in [6, 6.07) is 8.84. The number of amides is 2. The molecule has 1 aliphatic carbocycles. The standard InChI is InChI=1S/C20H31N3O/c1-15(19(2,3)13-22(4)5)21-18(24)23-12-16-8-6-7-9-17(16)20(14-23)10-11-20/h6-9,15H,10-14H2,1-5H3,(H,21,24). The first-order valence-electron chi connectivity index (χ1n) is 9.02. The number of hydrogen-bond donors (Lipinski definition) is 1. The third kappa shape index (κ3) is 3.30. The molecule has 0 aromatic heterocycles. The number of carbonyl (C=O) groups excluding carboxylic acids is 1. The number of benzene rings is 1. The number of nitrogens with zero attached hydrogens (tertiary/aromatic N) is 2. The van der Waals surface area contributed by atoms with E-state index in [1.165, 1.54) is 24.0 Å². The monoisotopic (exact) mass is 329 g/mol. The lowest BCUT2D eigenvalue weighted by Gasteiger charge is -2.39. The van der Waals surface area contributed by atoms with Crippen molar-refractivity contribution in [1.82, 2.24) is 15.1 Å². The highest BCUT2D eigenvalue weighted by molar-refractivity contribution is 5.75. The number of carbonyl (C=O) groups is 1. The first-order valence-corrected chi connectivity index (χ1v) is 9.02. The van der Waals surface area contributed by atoms with E-state index in [-0.39, 0.29) is 22.9 Å². The van der Waals surface area contributed by atoms with Crippen molar-refractivity contribution in [1.29, 1.82) is 0 Å². The van der Waals surface area contributed by atoms with Crippen LogP contribution in [0.15, 0.2) is 24.3 Å². The van der Waals surface area contributed by atoms with Gasteiger partial charge in [-0.05, 0) is 50.4 Å². The molecule has 1 heterocycles. The zero-order valence-electron chi connectivity index (χ0n) is 15.7. The maximum absolute atomic E-state index is 12.9. The smallest absolute Gasteiger partial charge is 0.317 e. The Morgan fingerprint density at radius 1 is 1.33 bits per heavy atom. The van der Waals surface area contributed by atoms with Gasteiger partial charge in [-0.2, -0.15) is 0 Å². The van der Waals surface area contributed by atoms with Gasteiger partial charge in [0.2, 0.25) is 0 Å². The predicted octanol–water partition coefficient (Wildman–Crippen LogP) is 3.22. The van der Waals surface area contributed by atoms with E-state index >= 15 is 0 Å². The molecule has 1 N–H and O–H groups in total. The van der Waals surface area contributed by atoms with Gasteiger partial charge in [-0.3, -0.25) is 0 Å². The second-order valence-electron chi connectivity index (χ2n) is 8.69. The van der Waals surface area contributed by atoms with E-state index < -0.39 is 0 Å². The van der Waals surface area contributed by atoms with Crippen LogP contribution in [0.1, 0.15) is 44.7 Å². The normalized spacial score (nSPS) is 20.0. The van der Waals surface area contributed by atoms with Crippen molar-refractivity contribution in [3.05, 3.63) is 35.4 Å². The fourth-order valence-electron chi connectivity index (χ4n) is 4.03. The Bertz CT molecular complexity index is 619. The van der Waals surface area contributed by atoms with Gasteiger partial charge in [0.1, 0.15) is 0 Å². The Balaban J connectivity index is 1.69. The summed E-state index contributed by atoms with van der Waals surface area (Å²) in [7, 11) is 4.16. The maximum Gasteiger partial charge on any atom is 0.317 e. The minimum absolute atomic E-state index is 0.0319. The van der Waals surface area contributed by atoms with Gasteiger partial charge in [-0.25, -0.2) is 4.79 Å². The number of urea groups is 1. The van der Waals surface area contributed by atoms with Crippen LogP contribution in [0.4, 0.5) is 4.79 Å². The van der Waals surface area contributed by atoms with Crippen molar-refractivity contribution in [3.8, 4) is 0 Å². The number of fused-ring (bicyclic) bond motifs is 2. The van der Waals surface area contributed by atoms with Gasteiger partial charge >= 0.3 is 6.03 Å². The van der Waals surface area contributed by atoms with Crippen LogP contribution in [-0.4, -0.2) is 49.1 Å². The molecule has 1 aromatic carbocycles. The Labute approximate surface area is 146 Å². The molecule has 1 saturated carbocycles. The lowest BCUT2D eigenvalue weighted by Crippen LogP contribution is -2.53. The van der Waals surface area contributed by atoms with Crippen LogP contribution in [-0.2, 0) is 12.0 Å². The summed E-state index contributed by atoms with van der Waals surface area (Å²) in [5.41, 5.74) is 3.05. The Kier molecular flexibility index (Phi) is 4.37. The van der Waals surface area contributed by atoms with Gasteiger partial charge in [-0.15, -0.1) is 0 Å². The summed E-state index contributed by atoms with van der Waals surface area (Å²) < 4.78 is 0. The highest BCUT2D eigenvalue weighted by Crippen LogP contribution is 2.52. The highest BCUT2D eigenvalue weighted by atomic mass is 16.2. The van der Waals surface area contributed by atoms with Gasteiger partial charge in [0, 0.05) is 31.1 Å². The lowest BCUT2D eigenvalue weighted by atomic mass is 9.84. The number of hydrogen-bond acceptors (Lipinski definition) is 2. The molecular formula is C20H31N3O. The molecule has 3 rings (SSSR count). The average Bonchev–Trinajstić information content (AvgIpc) is 3.26. The van der Waals surface area contributed by atoms with Crippen LogP contribution in [0.25, 0.3) is 0 Å². The zero-order valence-corrected chi connectivity index (χ0v) is 15.7. The molecule has 1 unspecified atom stereocenters. The predicted molar refractivity (Wildman–Crippen MR) is 98.1 cm³/mol. The average molecular weight is 329 g/mol. The number of rotatable bonds is 4. The first-order chi connectivity index (χ1) is 11.2. The summed E-state index contributed by atoms with van der Waals surface area (Å²) in [5, 5.41) is 3.25. The fourth-order valence-corrected chi connectivity index (χ4v) is 4.03. The van der Waals surface area contributed by atoms with Crippen molar-refractivity contribution in [2.24, 2.45) is 5.41 Å². The molecular weight excluding hydrogens is 298 g/mol. The first kappa shape index (κ1) is 17.3. The van der Waals surface area contributed by atoms with E-state index in [1.54, 1.807) is 0 Å². The third-order valence-electron chi connectivity index (χ3n) is 5.82. The topological polar surface area (TPSA) is 35.6 Å². The lowest BCUT2D eigenvalue weighted by molar-refractivity contribution is 0.152. The molecule has 1 aliphatic heterocycles. The molecule has 1 atom stereocenters. The number of nitrogens with one attached hydrogen (secondary N) is 1. The van der Waals surface area contributed by atoms with Crippen LogP contribution in [0, 0.1) is 5.41 Å². The van der Waals surface area contributed by atoms with E-state index in [1.807, 2.05) is 4.90 Å². The largest absolute Gasteiger partial charge is 0.335 e. The second kappa shape index (κ2) is 6.07. The summed E-state index contributed by atoms with van der Waals surface area (Å²) in [5.74, 6) is 0. The minimum atomic E-state index is 0.0319. The van der Waals surface area contributed by atoms with Crippen molar-refractivity contribution in [2.75, 3.05) is 27.2 Å². The second-order valence-corrected chi connectivity index (χ2v) is 8.69. The van der Waals surface area contributed by atoms with E-state index in [2.05, 4.69) is 69.3 Å². The van der Waals surface area contributed by atoms with Gasteiger partial charge < -0.3 is 15.1 Å². The minimum Gasteiger partial charge on any atom is -0.335 e. The molecule has 1 aromatic rings. The maximum atomic E-state index is 12.9. The molecule has 24 heavy (non-hydrogen) atoms. The molecule has 132 valence electrons. The van der Waals surface area contributed by atoms with E-state index in [4.69, 9.17) is 0 Å². The van der Waals surface area contributed by atoms with Crippen molar-refractivity contribution in [2.45, 2.75) is 51.6 Å². The summed E-state index contributed by atoms with van der Waals surface area (Å²) in [4.78, 5) is 17.1. The van der Waals surface area contributed by atoms with Gasteiger partial charge in [0.25, 0.3) is 0 Å². The summed E-state index contributed by atoms with van der Waals surface area (Å²) in [6.45, 7) is 9.08. The molecule has 1 fully saturated rings. The fraction of sp³-hybridized carbons (Fsp3) is 0.650. The molecule has 0 saturated heterocycles. The van der Waals surface area contributed by atoms with Crippen molar-refractivity contribution < 1.29 is 4.79 Å². The molecule has 0 bridgehead atoms. The summed E-state index contributed by atoms with van der Waals surface area (Å²) >= 11 is 0. The Morgan fingerprint density at radius 3 is 2.62 bits per heavy atom. The SMILES string of the molecule is CC(NC(=O)N1Cc2ccccc2C2(CC2)C1)C(C)(C)CN(C)C. The van der Waals surface area contributed by atoms with E-state index in [0.29, 0.717) is 0 Å². The third-order valence-corrected chi connectivity index (χ3v) is 5.82. The molecule has 4 nitrogen and oxygen atoms in total. The van der Waals surface area contributed by atoms with Crippen LogP contribution in [0.3, 0.4) is 0 Å². The highest BCUT2D eigenvalue weighted by Gasteiger charge is 2.50. The molecule has 2 aliphatic rings. The molecule has 1 spiro atoms. The van der Waals surface area contributed by atoms with E-state index in [9.17, 15) is 4.79 Å². The van der Waals surface area contributed by atoms with Gasteiger partial charge in [0.05, 0.1) is 0 Å².